The van der Waals surface area contributed by atoms with Crippen LogP contribution < -0.4 is 5.32 Å². The molecule has 0 aromatic heterocycles. The number of amides is 2. The molecular formula is C25H23Cl3N2O2. The minimum absolute atomic E-state index is 0.0457. The van der Waals surface area contributed by atoms with E-state index in [0.29, 0.717) is 32.6 Å². The number of hydrogen-bond acceptors (Lipinski definition) is 2. The van der Waals surface area contributed by atoms with Gasteiger partial charge in [0.05, 0.1) is 6.42 Å². The van der Waals surface area contributed by atoms with E-state index in [0.717, 1.165) is 5.56 Å². The number of rotatable bonds is 8. The summed E-state index contributed by atoms with van der Waals surface area (Å²) in [6.07, 6.45) is 0.390. The minimum Gasteiger partial charge on any atom is -0.357 e. The third-order valence-corrected chi connectivity index (χ3v) is 6.28. The molecule has 0 aliphatic carbocycles. The summed E-state index contributed by atoms with van der Waals surface area (Å²) in [6, 6.07) is 21.1. The fraction of sp³-hybridized carbons (Fsp3) is 0.200. The highest BCUT2D eigenvalue weighted by Crippen LogP contribution is 2.28. The van der Waals surface area contributed by atoms with E-state index in [1.54, 1.807) is 43.4 Å². The maximum atomic E-state index is 13.5. The Morgan fingerprint density at radius 2 is 1.44 bits per heavy atom. The molecule has 0 saturated heterocycles. The van der Waals surface area contributed by atoms with Crippen LogP contribution in [0.5, 0.6) is 0 Å². The number of likely N-dealkylation sites (N-methyl/N-ethyl adjacent to an activating group) is 1. The lowest BCUT2D eigenvalue weighted by atomic mass is 10.0. The monoisotopic (exact) mass is 488 g/mol. The van der Waals surface area contributed by atoms with Gasteiger partial charge in [-0.3, -0.25) is 9.59 Å². The van der Waals surface area contributed by atoms with Crippen molar-refractivity contribution in [1.82, 2.24) is 10.2 Å². The van der Waals surface area contributed by atoms with Crippen molar-refractivity contribution in [3.05, 3.63) is 105 Å². The van der Waals surface area contributed by atoms with Gasteiger partial charge in [-0.1, -0.05) is 89.4 Å². The first kappa shape index (κ1) is 24.1. The zero-order chi connectivity index (χ0) is 23.1. The highest BCUT2D eigenvalue weighted by Gasteiger charge is 2.31. The molecule has 0 unspecified atom stereocenters. The highest BCUT2D eigenvalue weighted by molar-refractivity contribution is 6.36. The van der Waals surface area contributed by atoms with Gasteiger partial charge in [-0.05, 0) is 29.3 Å². The molecule has 1 atom stereocenters. The van der Waals surface area contributed by atoms with Crippen LogP contribution in [0.2, 0.25) is 15.1 Å². The van der Waals surface area contributed by atoms with Crippen molar-refractivity contribution in [3.8, 4) is 0 Å². The number of carbonyl (C=O) groups is 2. The highest BCUT2D eigenvalue weighted by atomic mass is 35.5. The molecule has 7 heteroatoms. The van der Waals surface area contributed by atoms with E-state index in [-0.39, 0.29) is 24.8 Å². The van der Waals surface area contributed by atoms with Crippen LogP contribution in [0.3, 0.4) is 0 Å². The molecule has 1 N–H and O–H groups in total. The van der Waals surface area contributed by atoms with Crippen molar-refractivity contribution in [1.29, 1.82) is 0 Å². The van der Waals surface area contributed by atoms with E-state index in [1.165, 1.54) is 4.90 Å². The van der Waals surface area contributed by atoms with Gasteiger partial charge >= 0.3 is 0 Å². The summed E-state index contributed by atoms with van der Waals surface area (Å²) in [4.78, 5) is 28.0. The van der Waals surface area contributed by atoms with Crippen molar-refractivity contribution < 1.29 is 9.59 Å². The van der Waals surface area contributed by atoms with Crippen LogP contribution in [0.4, 0.5) is 0 Å². The molecule has 2 amide bonds. The Labute approximate surface area is 203 Å². The molecule has 0 aliphatic rings. The SMILES string of the molecule is CNC(=O)[C@@H](Cc1ccccc1)N(Cc1c(Cl)cccc1Cl)C(=O)Cc1ccccc1Cl. The zero-order valence-corrected chi connectivity index (χ0v) is 19.8. The number of nitrogens with zero attached hydrogens (tertiary/aromatic N) is 1. The van der Waals surface area contributed by atoms with E-state index in [1.807, 2.05) is 36.4 Å². The van der Waals surface area contributed by atoms with Crippen molar-refractivity contribution in [2.75, 3.05) is 7.05 Å². The average molecular weight is 490 g/mol. The molecule has 166 valence electrons. The Bertz CT molecular complexity index is 1070. The van der Waals surface area contributed by atoms with E-state index in [9.17, 15) is 9.59 Å². The van der Waals surface area contributed by atoms with Crippen LogP contribution >= 0.6 is 34.8 Å². The van der Waals surface area contributed by atoms with Crippen molar-refractivity contribution in [2.45, 2.75) is 25.4 Å². The van der Waals surface area contributed by atoms with E-state index in [2.05, 4.69) is 5.32 Å². The van der Waals surface area contributed by atoms with Gasteiger partial charge in [0, 0.05) is 40.6 Å². The first-order valence-electron chi connectivity index (χ1n) is 10.1. The summed E-state index contributed by atoms with van der Waals surface area (Å²) in [5.74, 6) is -0.525. The summed E-state index contributed by atoms with van der Waals surface area (Å²) in [5.41, 5.74) is 2.21. The molecule has 0 spiro atoms. The summed E-state index contributed by atoms with van der Waals surface area (Å²) in [7, 11) is 1.56. The molecule has 32 heavy (non-hydrogen) atoms. The lowest BCUT2D eigenvalue weighted by molar-refractivity contribution is -0.140. The zero-order valence-electron chi connectivity index (χ0n) is 17.5. The summed E-state index contributed by atoms with van der Waals surface area (Å²) in [5, 5.41) is 4.05. The first-order chi connectivity index (χ1) is 15.4. The van der Waals surface area contributed by atoms with E-state index >= 15 is 0 Å². The van der Waals surface area contributed by atoms with Crippen molar-refractivity contribution in [2.24, 2.45) is 0 Å². The molecule has 4 nitrogen and oxygen atoms in total. The molecule has 0 fully saturated rings. The smallest absolute Gasteiger partial charge is 0.242 e. The normalized spacial score (nSPS) is 11.6. The van der Waals surface area contributed by atoms with E-state index < -0.39 is 6.04 Å². The van der Waals surface area contributed by atoms with Crippen LogP contribution in [0.15, 0.2) is 72.8 Å². The van der Waals surface area contributed by atoms with Gasteiger partial charge < -0.3 is 10.2 Å². The third kappa shape index (κ3) is 6.04. The van der Waals surface area contributed by atoms with E-state index in [4.69, 9.17) is 34.8 Å². The standard InChI is InChI=1S/C25H23Cl3N2O2/c1-29-25(32)23(14-17-8-3-2-4-9-17)30(16-19-21(27)12-7-13-22(19)28)24(31)15-18-10-5-6-11-20(18)26/h2-13,23H,14-16H2,1H3,(H,29,32)/t23-/m1/s1. The number of hydrogen-bond donors (Lipinski definition) is 1. The molecule has 0 radical (unpaired) electrons. The third-order valence-electron chi connectivity index (χ3n) is 5.21. The second-order valence-electron chi connectivity index (χ2n) is 7.31. The van der Waals surface area contributed by atoms with Gasteiger partial charge in [0.15, 0.2) is 0 Å². The largest absolute Gasteiger partial charge is 0.357 e. The van der Waals surface area contributed by atoms with Crippen LogP contribution in [-0.2, 0) is 29.0 Å². The number of halogens is 3. The van der Waals surface area contributed by atoms with Crippen LogP contribution in [-0.4, -0.2) is 29.8 Å². The maximum Gasteiger partial charge on any atom is 0.242 e. The Hall–Kier alpha value is -2.53. The molecule has 0 saturated carbocycles. The Kier molecular flexibility index (Phi) is 8.57. The minimum atomic E-state index is -0.760. The summed E-state index contributed by atoms with van der Waals surface area (Å²) < 4.78 is 0. The fourth-order valence-electron chi connectivity index (χ4n) is 3.48. The quantitative estimate of drug-likeness (QED) is 0.449. The van der Waals surface area contributed by atoms with Crippen LogP contribution in [0, 0.1) is 0 Å². The van der Waals surface area contributed by atoms with Gasteiger partial charge in [0.1, 0.15) is 6.04 Å². The molecule has 3 aromatic rings. The van der Waals surface area contributed by atoms with Gasteiger partial charge in [-0.2, -0.15) is 0 Å². The van der Waals surface area contributed by atoms with Crippen molar-refractivity contribution in [3.63, 3.8) is 0 Å². The Morgan fingerprint density at radius 1 is 0.844 bits per heavy atom. The number of nitrogens with one attached hydrogen (secondary N) is 1. The molecular weight excluding hydrogens is 467 g/mol. The second kappa shape index (κ2) is 11.4. The molecule has 3 rings (SSSR count). The lowest BCUT2D eigenvalue weighted by Crippen LogP contribution is -2.50. The van der Waals surface area contributed by atoms with Crippen molar-refractivity contribution >= 4 is 46.6 Å². The van der Waals surface area contributed by atoms with Gasteiger partial charge in [0.25, 0.3) is 0 Å². The Morgan fingerprint density at radius 3 is 2.06 bits per heavy atom. The summed E-state index contributed by atoms with van der Waals surface area (Å²) in [6.45, 7) is 0.0900. The number of carbonyl (C=O) groups excluding carboxylic acids is 2. The first-order valence-corrected chi connectivity index (χ1v) is 11.3. The fourth-order valence-corrected chi connectivity index (χ4v) is 4.20. The van der Waals surface area contributed by atoms with Gasteiger partial charge in [-0.15, -0.1) is 0 Å². The lowest BCUT2D eigenvalue weighted by Gasteiger charge is -2.32. The van der Waals surface area contributed by atoms with Gasteiger partial charge in [-0.25, -0.2) is 0 Å². The molecule has 0 bridgehead atoms. The topological polar surface area (TPSA) is 49.4 Å². The molecule has 0 heterocycles. The Balaban J connectivity index is 2.01. The average Bonchev–Trinajstić information content (AvgIpc) is 2.79. The predicted octanol–water partition coefficient (Wildman–Crippen LogP) is 5.58. The number of benzene rings is 3. The predicted molar refractivity (Wildman–Crippen MR) is 130 cm³/mol. The van der Waals surface area contributed by atoms with Gasteiger partial charge in [0.2, 0.25) is 11.8 Å². The van der Waals surface area contributed by atoms with Crippen LogP contribution in [0.25, 0.3) is 0 Å². The maximum absolute atomic E-state index is 13.5. The molecule has 3 aromatic carbocycles. The molecule has 0 aliphatic heterocycles. The van der Waals surface area contributed by atoms with Crippen LogP contribution in [0.1, 0.15) is 16.7 Å². The second-order valence-corrected chi connectivity index (χ2v) is 8.53. The summed E-state index contributed by atoms with van der Waals surface area (Å²) >= 11 is 19.1.